The quantitative estimate of drug-likeness (QED) is 0.554. The Bertz CT molecular complexity index is 1290. The highest BCUT2D eigenvalue weighted by Gasteiger charge is 2.27. The molecule has 0 unspecified atom stereocenters. The van der Waals surface area contributed by atoms with E-state index in [4.69, 9.17) is 10.1 Å². The van der Waals surface area contributed by atoms with Gasteiger partial charge in [-0.1, -0.05) is 6.07 Å². The highest BCUT2D eigenvalue weighted by Crippen LogP contribution is 2.38. The molecule has 0 atom stereocenters. The van der Waals surface area contributed by atoms with Crippen molar-refractivity contribution in [3.05, 3.63) is 53.0 Å². The van der Waals surface area contributed by atoms with Gasteiger partial charge in [-0.05, 0) is 37.5 Å². The number of imidazole rings is 1. The standard InChI is InChI=1S/C21H20N6O/c1-25-12-22-16-7-4-13(11-15(16)21(25)28)20-19(23-18-3-2-9-26(18)20)17-8-10-27(24-17)14-5-6-14/h4,7-8,10-12,14H,2-3,5-6,9H2,1H3. The number of aryl methyl sites for hydroxylation is 2. The number of hydrogen-bond acceptors (Lipinski definition) is 4. The summed E-state index contributed by atoms with van der Waals surface area (Å²) in [6.07, 6.45) is 8.11. The largest absolute Gasteiger partial charge is 0.327 e. The lowest BCUT2D eigenvalue weighted by Crippen LogP contribution is -2.16. The molecule has 3 aromatic heterocycles. The van der Waals surface area contributed by atoms with Crippen molar-refractivity contribution in [2.24, 2.45) is 7.05 Å². The second kappa shape index (κ2) is 5.64. The molecule has 1 aliphatic carbocycles. The van der Waals surface area contributed by atoms with Crippen LogP contribution in [-0.4, -0.2) is 28.9 Å². The van der Waals surface area contributed by atoms with Crippen molar-refractivity contribution in [2.75, 3.05) is 0 Å². The lowest BCUT2D eigenvalue weighted by molar-refractivity contribution is 0.643. The van der Waals surface area contributed by atoms with Gasteiger partial charge in [0.1, 0.15) is 17.2 Å². The first-order chi connectivity index (χ1) is 13.7. The molecule has 0 saturated heterocycles. The highest BCUT2D eigenvalue weighted by atomic mass is 16.1. The van der Waals surface area contributed by atoms with Crippen LogP contribution < -0.4 is 5.56 Å². The van der Waals surface area contributed by atoms with E-state index in [2.05, 4.69) is 26.5 Å². The molecule has 1 fully saturated rings. The first-order valence-corrected chi connectivity index (χ1v) is 9.80. The van der Waals surface area contributed by atoms with Crippen molar-refractivity contribution < 1.29 is 0 Å². The van der Waals surface area contributed by atoms with Gasteiger partial charge in [-0.3, -0.25) is 9.48 Å². The minimum atomic E-state index is -0.0347. The minimum absolute atomic E-state index is 0.0347. The second-order valence-corrected chi connectivity index (χ2v) is 7.79. The summed E-state index contributed by atoms with van der Waals surface area (Å²) in [6, 6.07) is 8.52. The molecule has 4 aromatic rings. The van der Waals surface area contributed by atoms with Gasteiger partial charge in [0.2, 0.25) is 0 Å². The number of aromatic nitrogens is 6. The molecule has 4 heterocycles. The molecule has 7 nitrogen and oxygen atoms in total. The molecule has 0 spiro atoms. The average molecular weight is 372 g/mol. The summed E-state index contributed by atoms with van der Waals surface area (Å²) in [7, 11) is 1.73. The summed E-state index contributed by atoms with van der Waals surface area (Å²) < 4.78 is 5.86. The first-order valence-electron chi connectivity index (χ1n) is 9.80. The number of fused-ring (bicyclic) bond motifs is 2. The van der Waals surface area contributed by atoms with E-state index in [1.54, 1.807) is 13.4 Å². The molecule has 0 N–H and O–H groups in total. The molecule has 140 valence electrons. The third-order valence-corrected chi connectivity index (χ3v) is 5.79. The molecule has 0 radical (unpaired) electrons. The number of nitrogens with zero attached hydrogens (tertiary/aromatic N) is 6. The van der Waals surface area contributed by atoms with Gasteiger partial charge in [0.05, 0.1) is 29.0 Å². The molecule has 7 heteroatoms. The van der Waals surface area contributed by atoms with Gasteiger partial charge in [-0.25, -0.2) is 9.97 Å². The van der Waals surface area contributed by atoms with Crippen LogP contribution in [0, 0.1) is 0 Å². The van der Waals surface area contributed by atoms with Crippen molar-refractivity contribution in [3.8, 4) is 22.6 Å². The van der Waals surface area contributed by atoms with E-state index < -0.39 is 0 Å². The van der Waals surface area contributed by atoms with Crippen LogP contribution in [0.5, 0.6) is 0 Å². The molecule has 1 aliphatic heterocycles. The predicted octanol–water partition coefficient (Wildman–Crippen LogP) is 2.94. The fourth-order valence-electron chi connectivity index (χ4n) is 4.16. The van der Waals surface area contributed by atoms with E-state index in [0.29, 0.717) is 16.9 Å². The van der Waals surface area contributed by atoms with Crippen LogP contribution >= 0.6 is 0 Å². The molecular formula is C21H20N6O. The van der Waals surface area contributed by atoms with Gasteiger partial charge in [-0.15, -0.1) is 0 Å². The third kappa shape index (κ3) is 2.28. The van der Waals surface area contributed by atoms with E-state index in [9.17, 15) is 4.79 Å². The average Bonchev–Trinajstić information content (AvgIpc) is 3.12. The maximum atomic E-state index is 12.6. The van der Waals surface area contributed by atoms with Crippen LogP contribution in [-0.2, 0) is 20.0 Å². The summed E-state index contributed by atoms with van der Waals surface area (Å²) in [4.78, 5) is 21.9. The Morgan fingerprint density at radius 1 is 1.18 bits per heavy atom. The van der Waals surface area contributed by atoms with E-state index >= 15 is 0 Å². The Hall–Kier alpha value is -3.22. The SMILES string of the molecule is Cn1cnc2ccc(-c3c(-c4ccn(C5CC5)n4)nc4n3CCC4)cc2c1=O. The van der Waals surface area contributed by atoms with Crippen LogP contribution in [0.15, 0.2) is 41.6 Å². The smallest absolute Gasteiger partial charge is 0.260 e. The topological polar surface area (TPSA) is 70.5 Å². The Balaban J connectivity index is 1.57. The zero-order valence-corrected chi connectivity index (χ0v) is 15.7. The van der Waals surface area contributed by atoms with Gasteiger partial charge in [0, 0.05) is 31.8 Å². The number of benzene rings is 1. The Labute approximate surface area is 161 Å². The predicted molar refractivity (Wildman–Crippen MR) is 106 cm³/mol. The highest BCUT2D eigenvalue weighted by molar-refractivity contribution is 5.86. The van der Waals surface area contributed by atoms with Crippen LogP contribution in [0.2, 0.25) is 0 Å². The van der Waals surface area contributed by atoms with Crippen LogP contribution in [0.25, 0.3) is 33.5 Å². The summed E-state index contributed by atoms with van der Waals surface area (Å²) >= 11 is 0. The Morgan fingerprint density at radius 3 is 2.93 bits per heavy atom. The number of hydrogen-bond donors (Lipinski definition) is 0. The molecular weight excluding hydrogens is 352 g/mol. The van der Waals surface area contributed by atoms with Gasteiger partial charge in [-0.2, -0.15) is 5.10 Å². The maximum Gasteiger partial charge on any atom is 0.260 e. The van der Waals surface area contributed by atoms with Crippen molar-refractivity contribution in [1.82, 2.24) is 28.9 Å². The normalized spacial score (nSPS) is 16.0. The van der Waals surface area contributed by atoms with Crippen molar-refractivity contribution in [1.29, 1.82) is 0 Å². The van der Waals surface area contributed by atoms with Gasteiger partial charge in [0.25, 0.3) is 5.56 Å². The molecule has 0 bridgehead atoms. The Morgan fingerprint density at radius 2 is 2.07 bits per heavy atom. The second-order valence-electron chi connectivity index (χ2n) is 7.79. The summed E-state index contributed by atoms with van der Waals surface area (Å²) in [6.45, 7) is 0.948. The van der Waals surface area contributed by atoms with Crippen molar-refractivity contribution >= 4 is 10.9 Å². The van der Waals surface area contributed by atoms with Crippen LogP contribution in [0.1, 0.15) is 31.1 Å². The van der Waals surface area contributed by atoms with E-state index in [1.807, 2.05) is 18.2 Å². The van der Waals surface area contributed by atoms with Gasteiger partial charge < -0.3 is 9.13 Å². The lowest BCUT2D eigenvalue weighted by atomic mass is 10.1. The van der Waals surface area contributed by atoms with Crippen LogP contribution in [0.3, 0.4) is 0 Å². The third-order valence-electron chi connectivity index (χ3n) is 5.79. The minimum Gasteiger partial charge on any atom is -0.327 e. The summed E-state index contributed by atoms with van der Waals surface area (Å²) in [5.41, 5.74) is 4.55. The van der Waals surface area contributed by atoms with Crippen LogP contribution in [0.4, 0.5) is 0 Å². The van der Waals surface area contributed by atoms with Gasteiger partial charge >= 0.3 is 0 Å². The Kier molecular flexibility index (Phi) is 3.18. The maximum absolute atomic E-state index is 12.6. The lowest BCUT2D eigenvalue weighted by Gasteiger charge is -2.09. The van der Waals surface area contributed by atoms with E-state index in [-0.39, 0.29) is 5.56 Å². The zero-order valence-electron chi connectivity index (χ0n) is 15.7. The first kappa shape index (κ1) is 15.8. The summed E-state index contributed by atoms with van der Waals surface area (Å²) in [5, 5.41) is 5.43. The zero-order chi connectivity index (χ0) is 18.8. The molecule has 1 aromatic carbocycles. The summed E-state index contributed by atoms with van der Waals surface area (Å²) in [5.74, 6) is 1.10. The molecule has 0 amide bonds. The van der Waals surface area contributed by atoms with E-state index in [1.165, 1.54) is 17.4 Å². The fourth-order valence-corrected chi connectivity index (χ4v) is 4.16. The molecule has 6 rings (SSSR count). The van der Waals surface area contributed by atoms with Gasteiger partial charge in [0.15, 0.2) is 0 Å². The fraction of sp³-hybridized carbons (Fsp3) is 0.333. The van der Waals surface area contributed by atoms with Crippen molar-refractivity contribution in [2.45, 2.75) is 38.3 Å². The molecule has 1 saturated carbocycles. The van der Waals surface area contributed by atoms with Crippen molar-refractivity contribution in [3.63, 3.8) is 0 Å². The number of rotatable bonds is 3. The van der Waals surface area contributed by atoms with E-state index in [0.717, 1.165) is 47.9 Å². The molecule has 2 aliphatic rings. The monoisotopic (exact) mass is 372 g/mol. The molecule has 28 heavy (non-hydrogen) atoms.